The predicted octanol–water partition coefficient (Wildman–Crippen LogP) is 1.90. The molecule has 132 valence electrons. The van der Waals surface area contributed by atoms with Gasteiger partial charge in [0, 0.05) is 30.3 Å². The van der Waals surface area contributed by atoms with Crippen LogP contribution in [-0.4, -0.2) is 53.1 Å². The number of nitrogens with zero attached hydrogens (tertiary/aromatic N) is 3. The van der Waals surface area contributed by atoms with E-state index in [1.807, 2.05) is 6.92 Å². The fourth-order valence-corrected chi connectivity index (χ4v) is 3.86. The number of carboxylic acids is 1. The second kappa shape index (κ2) is 6.53. The highest BCUT2D eigenvalue weighted by Crippen LogP contribution is 2.28. The Balaban J connectivity index is 1.94. The van der Waals surface area contributed by atoms with Crippen LogP contribution in [0, 0.1) is 6.92 Å². The van der Waals surface area contributed by atoms with Gasteiger partial charge in [0.25, 0.3) is 0 Å². The van der Waals surface area contributed by atoms with Crippen molar-refractivity contribution in [2.45, 2.75) is 19.3 Å². The maximum Gasteiger partial charge on any atom is 0.335 e. The lowest BCUT2D eigenvalue weighted by Gasteiger charge is -2.14. The normalized spacial score (nSPS) is 18.4. The first-order valence-electron chi connectivity index (χ1n) is 7.88. The van der Waals surface area contributed by atoms with Gasteiger partial charge in [-0.3, -0.25) is 0 Å². The molecule has 0 radical (unpaired) electrons. The summed E-state index contributed by atoms with van der Waals surface area (Å²) in [6.07, 6.45) is 1.88. The molecule has 1 aliphatic heterocycles. The molecule has 0 amide bonds. The summed E-state index contributed by atoms with van der Waals surface area (Å²) >= 11 is 0. The van der Waals surface area contributed by atoms with Crippen LogP contribution in [0.25, 0.3) is 11.3 Å². The van der Waals surface area contributed by atoms with E-state index in [-0.39, 0.29) is 11.5 Å². The van der Waals surface area contributed by atoms with Crippen molar-refractivity contribution >= 4 is 16.0 Å². The lowest BCUT2D eigenvalue weighted by atomic mass is 10.1. The van der Waals surface area contributed by atoms with Crippen molar-refractivity contribution in [2.75, 3.05) is 19.3 Å². The van der Waals surface area contributed by atoms with Crippen LogP contribution in [0.15, 0.2) is 30.3 Å². The highest BCUT2D eigenvalue weighted by molar-refractivity contribution is 7.88. The van der Waals surface area contributed by atoms with Gasteiger partial charge >= 0.3 is 5.97 Å². The van der Waals surface area contributed by atoms with Crippen molar-refractivity contribution in [2.24, 2.45) is 0 Å². The number of aryl methyl sites for hydroxylation is 1. The van der Waals surface area contributed by atoms with Gasteiger partial charge in [0.2, 0.25) is 10.0 Å². The summed E-state index contributed by atoms with van der Waals surface area (Å²) in [6.45, 7) is 2.68. The topological polar surface area (TPSA) is 100 Å². The number of hydrogen-bond donors (Lipinski definition) is 1. The fourth-order valence-electron chi connectivity index (χ4n) is 2.97. The van der Waals surface area contributed by atoms with E-state index in [1.165, 1.54) is 16.6 Å². The molecule has 25 heavy (non-hydrogen) atoms. The molecule has 1 N–H and O–H groups in total. The van der Waals surface area contributed by atoms with Crippen molar-refractivity contribution in [3.63, 3.8) is 0 Å². The van der Waals surface area contributed by atoms with E-state index in [2.05, 4.69) is 9.97 Å². The summed E-state index contributed by atoms with van der Waals surface area (Å²) in [7, 11) is -3.22. The number of aromatic carboxylic acids is 1. The van der Waals surface area contributed by atoms with Gasteiger partial charge in [0.05, 0.1) is 17.5 Å². The van der Waals surface area contributed by atoms with Crippen LogP contribution in [0.1, 0.15) is 34.2 Å². The Hall–Kier alpha value is -2.32. The second-order valence-corrected chi connectivity index (χ2v) is 8.23. The molecular formula is C17H19N3O4S. The Kier molecular flexibility index (Phi) is 4.57. The SMILES string of the molecule is Cc1cc(-c2cccc(C(=O)O)c2)nc(C2CCN(S(C)(=O)=O)C2)n1. The van der Waals surface area contributed by atoms with Crippen molar-refractivity contribution in [1.29, 1.82) is 0 Å². The Morgan fingerprint density at radius 2 is 2.04 bits per heavy atom. The van der Waals surface area contributed by atoms with Gasteiger partial charge in [-0.2, -0.15) is 0 Å². The van der Waals surface area contributed by atoms with Crippen LogP contribution in [-0.2, 0) is 10.0 Å². The second-order valence-electron chi connectivity index (χ2n) is 6.25. The number of benzene rings is 1. The lowest BCUT2D eigenvalue weighted by Crippen LogP contribution is -2.27. The smallest absolute Gasteiger partial charge is 0.335 e. The van der Waals surface area contributed by atoms with Gasteiger partial charge < -0.3 is 5.11 Å². The molecule has 1 fully saturated rings. The number of sulfonamides is 1. The van der Waals surface area contributed by atoms with E-state index in [9.17, 15) is 13.2 Å². The van der Waals surface area contributed by atoms with Crippen LogP contribution in [0.2, 0.25) is 0 Å². The number of carbonyl (C=O) groups is 1. The van der Waals surface area contributed by atoms with E-state index in [0.29, 0.717) is 36.6 Å². The summed E-state index contributed by atoms with van der Waals surface area (Å²) in [5, 5.41) is 9.15. The van der Waals surface area contributed by atoms with Crippen molar-refractivity contribution < 1.29 is 18.3 Å². The van der Waals surface area contributed by atoms with Crippen LogP contribution >= 0.6 is 0 Å². The largest absolute Gasteiger partial charge is 0.478 e. The maximum absolute atomic E-state index is 11.7. The third-order valence-corrected chi connectivity index (χ3v) is 5.53. The molecule has 1 aliphatic rings. The maximum atomic E-state index is 11.7. The molecule has 7 nitrogen and oxygen atoms in total. The molecule has 8 heteroatoms. The predicted molar refractivity (Wildman–Crippen MR) is 92.9 cm³/mol. The van der Waals surface area contributed by atoms with Gasteiger partial charge in [0.1, 0.15) is 5.82 Å². The molecule has 1 unspecified atom stereocenters. The molecule has 1 saturated heterocycles. The van der Waals surface area contributed by atoms with Crippen molar-refractivity contribution in [1.82, 2.24) is 14.3 Å². The summed E-state index contributed by atoms with van der Waals surface area (Å²) < 4.78 is 24.8. The van der Waals surface area contributed by atoms with Gasteiger partial charge in [-0.25, -0.2) is 27.5 Å². The first kappa shape index (κ1) is 17.5. The van der Waals surface area contributed by atoms with E-state index in [4.69, 9.17) is 5.11 Å². The number of carboxylic acid groups (broad SMARTS) is 1. The minimum Gasteiger partial charge on any atom is -0.478 e. The minimum absolute atomic E-state index is 0.0592. The molecular weight excluding hydrogens is 342 g/mol. The van der Waals surface area contributed by atoms with Crippen molar-refractivity contribution in [3.8, 4) is 11.3 Å². The fraction of sp³-hybridized carbons (Fsp3) is 0.353. The number of aromatic nitrogens is 2. The standard InChI is InChI=1S/C17H19N3O4S/c1-11-8-15(12-4-3-5-13(9-12)17(21)22)19-16(18-11)14-6-7-20(10-14)25(2,23)24/h3-5,8-9,14H,6-7,10H2,1-2H3,(H,21,22). The average Bonchev–Trinajstić information content (AvgIpc) is 3.04. The van der Waals surface area contributed by atoms with Crippen molar-refractivity contribution in [3.05, 3.63) is 47.4 Å². The van der Waals surface area contributed by atoms with Gasteiger partial charge in [-0.1, -0.05) is 12.1 Å². The van der Waals surface area contributed by atoms with E-state index >= 15 is 0 Å². The molecule has 0 spiro atoms. The van der Waals surface area contributed by atoms with Crippen LogP contribution in [0.4, 0.5) is 0 Å². The zero-order valence-electron chi connectivity index (χ0n) is 14.0. The summed E-state index contributed by atoms with van der Waals surface area (Å²) in [5.41, 5.74) is 2.30. The monoisotopic (exact) mass is 361 g/mol. The van der Waals surface area contributed by atoms with E-state index in [1.54, 1.807) is 24.3 Å². The first-order valence-corrected chi connectivity index (χ1v) is 9.73. The molecule has 1 aromatic carbocycles. The Labute approximate surface area is 146 Å². The first-order chi connectivity index (χ1) is 11.7. The van der Waals surface area contributed by atoms with Crippen LogP contribution < -0.4 is 0 Å². The molecule has 0 aliphatic carbocycles. The van der Waals surface area contributed by atoms with E-state index in [0.717, 1.165) is 5.69 Å². The zero-order chi connectivity index (χ0) is 18.2. The molecule has 1 aromatic heterocycles. The number of hydrogen-bond acceptors (Lipinski definition) is 5. The lowest BCUT2D eigenvalue weighted by molar-refractivity contribution is 0.0697. The average molecular weight is 361 g/mol. The van der Waals surface area contributed by atoms with E-state index < -0.39 is 16.0 Å². The molecule has 1 atom stereocenters. The summed E-state index contributed by atoms with van der Waals surface area (Å²) in [6, 6.07) is 8.38. The minimum atomic E-state index is -3.22. The quantitative estimate of drug-likeness (QED) is 0.893. The van der Waals surface area contributed by atoms with Gasteiger partial charge in [0.15, 0.2) is 0 Å². The number of rotatable bonds is 4. The Morgan fingerprint density at radius 3 is 2.68 bits per heavy atom. The molecule has 0 saturated carbocycles. The Bertz CT molecular complexity index is 927. The third kappa shape index (κ3) is 3.85. The summed E-state index contributed by atoms with van der Waals surface area (Å²) in [5.74, 6) is -0.453. The Morgan fingerprint density at radius 1 is 1.28 bits per heavy atom. The molecule has 2 aromatic rings. The highest BCUT2D eigenvalue weighted by Gasteiger charge is 2.31. The third-order valence-electron chi connectivity index (χ3n) is 4.26. The molecule has 2 heterocycles. The zero-order valence-corrected chi connectivity index (χ0v) is 14.8. The van der Waals surface area contributed by atoms with Gasteiger partial charge in [-0.15, -0.1) is 0 Å². The van der Waals surface area contributed by atoms with Crippen LogP contribution in [0.3, 0.4) is 0 Å². The molecule has 0 bridgehead atoms. The highest BCUT2D eigenvalue weighted by atomic mass is 32.2. The van der Waals surface area contributed by atoms with Gasteiger partial charge in [-0.05, 0) is 31.5 Å². The summed E-state index contributed by atoms with van der Waals surface area (Å²) in [4.78, 5) is 20.2. The molecule has 3 rings (SSSR count). The van der Waals surface area contributed by atoms with Crippen LogP contribution in [0.5, 0.6) is 0 Å².